The molecule has 14 aromatic rings. The van der Waals surface area contributed by atoms with Crippen molar-refractivity contribution in [2.24, 2.45) is 0 Å². The summed E-state index contributed by atoms with van der Waals surface area (Å²) >= 11 is 0. The van der Waals surface area contributed by atoms with Crippen LogP contribution in [-0.2, 0) is 17.4 Å². The number of fused-ring (bicyclic) bond motifs is 40. The molecule has 0 atom stereocenters. The van der Waals surface area contributed by atoms with Crippen molar-refractivity contribution in [2.45, 2.75) is 0 Å². The Balaban J connectivity index is 0.000000137. The molecule has 16 nitrogen and oxygen atoms in total. The van der Waals surface area contributed by atoms with Crippen LogP contribution in [0.25, 0.3) is 179 Å². The van der Waals surface area contributed by atoms with E-state index in [1.807, 2.05) is 194 Å². The van der Waals surface area contributed by atoms with E-state index in [2.05, 4.69) is 19.9 Å². The third-order valence-electron chi connectivity index (χ3n) is 14.9. The molecule has 16 bridgehead atoms. The van der Waals surface area contributed by atoms with Gasteiger partial charge in [0.2, 0.25) is 0 Å². The minimum atomic E-state index is 0. The number of hydrogen-bond acceptors (Lipinski definition) is 12. The molecule has 0 fully saturated rings. The summed E-state index contributed by atoms with van der Waals surface area (Å²) in [7, 11) is 0. The van der Waals surface area contributed by atoms with E-state index in [-0.39, 0.29) is 41.8 Å². The first-order valence-electron chi connectivity index (χ1n) is 26.0. The van der Waals surface area contributed by atoms with Gasteiger partial charge in [0.05, 0.1) is 0 Å². The second-order valence-corrected chi connectivity index (χ2v) is 19.6. The van der Waals surface area contributed by atoms with Crippen molar-refractivity contribution in [3.8, 4) is 91.1 Å². The van der Waals surface area contributed by atoms with Crippen LogP contribution >= 0.6 is 0 Å². The molecule has 0 saturated carbocycles. The number of aromatic amines is 4. The molecule has 10 heterocycles. The number of H-pyrrole nitrogens is 4. The fourth-order valence-corrected chi connectivity index (χ4v) is 11.2. The van der Waals surface area contributed by atoms with Crippen molar-refractivity contribution in [1.29, 1.82) is 0 Å². The molecule has 18 rings (SSSR count). The molecule has 378 valence electrons. The molecule has 0 saturated heterocycles. The normalized spacial score (nSPS) is 11.7. The molecular formula is C64H36CrN16Sb+5. The zero-order chi connectivity index (χ0) is 52.4. The summed E-state index contributed by atoms with van der Waals surface area (Å²) in [5.41, 5.74) is 12.9. The van der Waals surface area contributed by atoms with Crippen LogP contribution in [0.1, 0.15) is 0 Å². The largest absolute Gasteiger partial charge is 3.00 e. The first kappa shape index (κ1) is 48.9. The summed E-state index contributed by atoms with van der Waals surface area (Å²) in [6.45, 7) is 0. The van der Waals surface area contributed by atoms with Gasteiger partial charge in [-0.25, -0.2) is 59.8 Å². The summed E-state index contributed by atoms with van der Waals surface area (Å²) in [4.78, 5) is 73.5. The predicted octanol–water partition coefficient (Wildman–Crippen LogP) is 13.4. The van der Waals surface area contributed by atoms with Crippen molar-refractivity contribution in [1.82, 2.24) is 79.7 Å². The third-order valence-corrected chi connectivity index (χ3v) is 14.9. The van der Waals surface area contributed by atoms with E-state index in [4.69, 9.17) is 59.8 Å². The molecule has 0 spiro atoms. The monoisotopic (exact) mass is 1200 g/mol. The Kier molecular flexibility index (Phi) is 11.5. The van der Waals surface area contributed by atoms with E-state index >= 15 is 0 Å². The van der Waals surface area contributed by atoms with Gasteiger partial charge in [-0.1, -0.05) is 194 Å². The second kappa shape index (κ2) is 19.3. The van der Waals surface area contributed by atoms with E-state index in [1.54, 1.807) is 0 Å². The smallest absolute Gasteiger partial charge is 0.324 e. The molecule has 4 N–H and O–H groups in total. The Bertz CT molecular complexity index is 4400. The van der Waals surface area contributed by atoms with E-state index in [0.717, 1.165) is 87.6 Å². The minimum absolute atomic E-state index is 0. The second-order valence-electron chi connectivity index (χ2n) is 19.6. The average molecular weight is 1200 g/mol. The van der Waals surface area contributed by atoms with Crippen molar-refractivity contribution >= 4 is 113 Å². The van der Waals surface area contributed by atoms with Crippen molar-refractivity contribution in [3.05, 3.63) is 194 Å². The molecule has 18 heteroatoms. The van der Waals surface area contributed by atoms with Crippen molar-refractivity contribution in [2.75, 3.05) is 0 Å². The van der Waals surface area contributed by atoms with Gasteiger partial charge in [0.1, 0.15) is 45.2 Å². The van der Waals surface area contributed by atoms with Gasteiger partial charge in [-0.15, -0.1) is 0 Å². The SMILES string of the molecule is [Cr+2].[Sb+3].c1ccc2c(c1)-c1nc-2nc2[nH]c(nc3nc(nc4[nH]c(n1)c1ccccc41)-c1ccccc1-3)c1ccccc21.c1ccc2c(c1)-c1nc-2nc2[nH]c(nc3nc(nc4[nH]c(n1)c1ccccc41)-c1ccccc1-3)c1ccccc21. The van der Waals surface area contributed by atoms with Crippen LogP contribution in [0, 0.1) is 0 Å². The third kappa shape index (κ3) is 7.81. The summed E-state index contributed by atoms with van der Waals surface area (Å²) in [6.07, 6.45) is 0. The molecule has 82 heavy (non-hydrogen) atoms. The molecule has 4 aliphatic heterocycles. The van der Waals surface area contributed by atoms with Gasteiger partial charge in [-0.3, -0.25) is 0 Å². The molecule has 2 radical (unpaired) electrons. The van der Waals surface area contributed by atoms with Gasteiger partial charge < -0.3 is 19.9 Å². The fraction of sp³-hybridized carbons (Fsp3) is 0. The average Bonchev–Trinajstić information content (AvgIpc) is 4.59. The molecule has 0 aliphatic carbocycles. The van der Waals surface area contributed by atoms with Crippen LogP contribution in [0.3, 0.4) is 0 Å². The number of hydrogen-bond donors (Lipinski definition) is 4. The number of aromatic nitrogens is 16. The Morgan fingerprint density at radius 3 is 0.427 bits per heavy atom. The standard InChI is InChI=1S/2C32H18N8.Cr.Sb/c2*1-2-10-18-17(9-1)25-33-26(18)38-28-21-13-5-6-14-22(21)30(35-28)40-32-24-16-8-7-15-23(24)31(36-32)39-29-20-12-4-3-11-19(20)27(34-29)37-25;;/h2*1-16H,(H2,33,34,35,36,37,38,39,40);;/q;;+2;+3. The van der Waals surface area contributed by atoms with E-state index in [1.165, 1.54) is 0 Å². The van der Waals surface area contributed by atoms with Gasteiger partial charge in [-0.05, 0) is 0 Å². The molecule has 8 aromatic carbocycles. The van der Waals surface area contributed by atoms with E-state index < -0.39 is 0 Å². The molecule has 6 aromatic heterocycles. The number of nitrogens with zero attached hydrogens (tertiary/aromatic N) is 12. The van der Waals surface area contributed by atoms with Gasteiger partial charge in [-0.2, -0.15) is 0 Å². The molecular weight excluding hydrogens is 1170 g/mol. The summed E-state index contributed by atoms with van der Waals surface area (Å²) < 4.78 is 0. The number of benzene rings is 8. The maximum atomic E-state index is 5.02. The van der Waals surface area contributed by atoms with Crippen LogP contribution in [0.4, 0.5) is 0 Å². The van der Waals surface area contributed by atoms with Gasteiger partial charge in [0.15, 0.2) is 46.6 Å². The number of rotatable bonds is 0. The van der Waals surface area contributed by atoms with Gasteiger partial charge >= 0.3 is 41.8 Å². The van der Waals surface area contributed by atoms with Crippen LogP contribution in [0.15, 0.2) is 194 Å². The molecule has 4 aliphatic rings. The Morgan fingerprint density at radius 2 is 0.293 bits per heavy atom. The van der Waals surface area contributed by atoms with Crippen molar-refractivity contribution < 1.29 is 17.4 Å². The Labute approximate surface area is 491 Å². The zero-order valence-corrected chi connectivity index (χ0v) is 46.5. The molecule has 0 amide bonds. The quantitative estimate of drug-likeness (QED) is 0.104. The molecule has 0 unspecified atom stereocenters. The van der Waals surface area contributed by atoms with E-state index in [9.17, 15) is 0 Å². The first-order chi connectivity index (χ1) is 39.6. The summed E-state index contributed by atoms with van der Waals surface area (Å²) in [5.74, 6) is 4.78. The van der Waals surface area contributed by atoms with Gasteiger partial charge in [0, 0.05) is 87.6 Å². The zero-order valence-electron chi connectivity index (χ0n) is 42.7. The predicted molar refractivity (Wildman–Crippen MR) is 318 cm³/mol. The van der Waals surface area contributed by atoms with Gasteiger partial charge in [0.25, 0.3) is 0 Å². The van der Waals surface area contributed by atoms with Crippen LogP contribution < -0.4 is 0 Å². The van der Waals surface area contributed by atoms with Crippen LogP contribution in [0.2, 0.25) is 0 Å². The summed E-state index contributed by atoms with van der Waals surface area (Å²) in [6, 6.07) is 64.5. The Morgan fingerprint density at radius 1 is 0.171 bits per heavy atom. The number of nitrogens with one attached hydrogen (secondary N) is 4. The topological polar surface area (TPSA) is 218 Å². The first-order valence-corrected chi connectivity index (χ1v) is 26.0. The Hall–Kier alpha value is -10.2. The van der Waals surface area contributed by atoms with Crippen molar-refractivity contribution in [3.63, 3.8) is 0 Å². The van der Waals surface area contributed by atoms with Crippen LogP contribution in [0.5, 0.6) is 0 Å². The minimum Gasteiger partial charge on any atom is -0.324 e. The maximum Gasteiger partial charge on any atom is 3.00 e. The summed E-state index contributed by atoms with van der Waals surface area (Å²) in [5, 5.41) is 7.64. The van der Waals surface area contributed by atoms with Crippen LogP contribution in [-0.4, -0.2) is 104 Å². The fourth-order valence-electron chi connectivity index (χ4n) is 11.2. The maximum absolute atomic E-state index is 5.02. The van der Waals surface area contributed by atoms with E-state index in [0.29, 0.717) is 91.8 Å².